The van der Waals surface area contributed by atoms with E-state index in [1.165, 1.54) is 12.5 Å². The first-order chi connectivity index (χ1) is 8.70. The fraction of sp³-hybridized carbons (Fsp3) is 0.357. The van der Waals surface area contributed by atoms with Crippen LogP contribution < -0.4 is 4.74 Å². The van der Waals surface area contributed by atoms with Crippen molar-refractivity contribution in [3.63, 3.8) is 0 Å². The zero-order chi connectivity index (χ0) is 13.0. The van der Waals surface area contributed by atoms with Gasteiger partial charge in [0, 0.05) is 24.0 Å². The average molecular weight is 247 g/mol. The van der Waals surface area contributed by atoms with E-state index in [9.17, 15) is 4.79 Å². The number of hydrogen-bond acceptors (Lipinski definition) is 3. The first-order valence-electron chi connectivity index (χ1n) is 5.98. The predicted octanol–water partition coefficient (Wildman–Crippen LogP) is 2.67. The highest BCUT2D eigenvalue weighted by Gasteiger charge is 2.05. The quantitative estimate of drug-likeness (QED) is 0.652. The highest BCUT2D eigenvalue weighted by atomic mass is 16.5. The molecule has 0 radical (unpaired) electrons. The Labute approximate surface area is 106 Å². The minimum atomic E-state index is -0.226. The molecular formula is C14H17NO3. The van der Waals surface area contributed by atoms with Crippen molar-refractivity contribution in [3.8, 4) is 5.75 Å². The van der Waals surface area contributed by atoms with Crippen molar-refractivity contribution in [3.05, 3.63) is 30.0 Å². The minimum Gasteiger partial charge on any atom is -0.497 e. The third-order valence-corrected chi connectivity index (χ3v) is 2.87. The second-order valence-electron chi connectivity index (χ2n) is 4.17. The zero-order valence-corrected chi connectivity index (χ0v) is 10.7. The Hall–Kier alpha value is -1.97. The van der Waals surface area contributed by atoms with Crippen LogP contribution in [0.4, 0.5) is 0 Å². The van der Waals surface area contributed by atoms with Crippen molar-refractivity contribution in [1.29, 1.82) is 0 Å². The highest BCUT2D eigenvalue weighted by molar-refractivity contribution is 5.84. The number of aromatic amines is 1. The molecule has 1 aromatic heterocycles. The van der Waals surface area contributed by atoms with Gasteiger partial charge >= 0.3 is 5.97 Å². The second-order valence-corrected chi connectivity index (χ2v) is 4.17. The molecule has 0 fully saturated rings. The molecule has 0 saturated heterocycles. The minimum absolute atomic E-state index is 0.226. The normalized spacial score (nSPS) is 10.6. The topological polar surface area (TPSA) is 51.3 Å². The molecule has 1 heterocycles. The summed E-state index contributed by atoms with van der Waals surface area (Å²) in [6.45, 7) is 1.89. The molecule has 18 heavy (non-hydrogen) atoms. The summed E-state index contributed by atoms with van der Waals surface area (Å²) in [6, 6.07) is 5.96. The van der Waals surface area contributed by atoms with Gasteiger partial charge in [-0.3, -0.25) is 4.79 Å². The van der Waals surface area contributed by atoms with E-state index < -0.39 is 0 Å². The molecular weight excluding hydrogens is 230 g/mol. The fourth-order valence-corrected chi connectivity index (χ4v) is 1.97. The van der Waals surface area contributed by atoms with E-state index in [1.807, 2.05) is 24.4 Å². The van der Waals surface area contributed by atoms with Crippen LogP contribution >= 0.6 is 0 Å². The summed E-state index contributed by atoms with van der Waals surface area (Å²) < 4.78 is 10.1. The standard InChI is InChI=1S/C14H17NO3/c1-10(16)18-7-3-4-11-9-15-14-6-5-12(17-2)8-13(11)14/h5-6,8-9,15H,3-4,7H2,1-2H3. The van der Waals surface area contributed by atoms with Crippen LogP contribution in [0.15, 0.2) is 24.4 Å². The molecule has 0 aliphatic heterocycles. The number of hydrogen-bond donors (Lipinski definition) is 1. The summed E-state index contributed by atoms with van der Waals surface area (Å²) >= 11 is 0. The van der Waals surface area contributed by atoms with Crippen LogP contribution in [-0.2, 0) is 16.0 Å². The Morgan fingerprint density at radius 2 is 2.22 bits per heavy atom. The van der Waals surface area contributed by atoms with Gasteiger partial charge < -0.3 is 14.5 Å². The second kappa shape index (κ2) is 5.58. The smallest absolute Gasteiger partial charge is 0.302 e. The van der Waals surface area contributed by atoms with Crippen molar-refractivity contribution in [2.45, 2.75) is 19.8 Å². The van der Waals surface area contributed by atoms with Crippen LogP contribution in [0.25, 0.3) is 10.9 Å². The number of H-pyrrole nitrogens is 1. The van der Waals surface area contributed by atoms with Gasteiger partial charge in [-0.1, -0.05) is 0 Å². The van der Waals surface area contributed by atoms with Crippen molar-refractivity contribution in [1.82, 2.24) is 4.98 Å². The number of fused-ring (bicyclic) bond motifs is 1. The number of carbonyl (C=O) groups is 1. The third-order valence-electron chi connectivity index (χ3n) is 2.87. The largest absolute Gasteiger partial charge is 0.497 e. The Morgan fingerprint density at radius 1 is 1.39 bits per heavy atom. The number of aromatic nitrogens is 1. The van der Waals surface area contributed by atoms with E-state index in [2.05, 4.69) is 4.98 Å². The summed E-state index contributed by atoms with van der Waals surface area (Å²) in [5.41, 5.74) is 2.31. The average Bonchev–Trinajstić information content (AvgIpc) is 2.76. The summed E-state index contributed by atoms with van der Waals surface area (Å²) in [5.74, 6) is 0.624. The lowest BCUT2D eigenvalue weighted by molar-refractivity contribution is -0.141. The number of ether oxygens (including phenoxy) is 2. The third kappa shape index (κ3) is 2.83. The first kappa shape index (κ1) is 12.5. The van der Waals surface area contributed by atoms with Gasteiger partial charge in [0.2, 0.25) is 0 Å². The first-order valence-corrected chi connectivity index (χ1v) is 5.98. The van der Waals surface area contributed by atoms with Crippen LogP contribution in [-0.4, -0.2) is 24.7 Å². The van der Waals surface area contributed by atoms with E-state index in [4.69, 9.17) is 9.47 Å². The summed E-state index contributed by atoms with van der Waals surface area (Å²) in [4.78, 5) is 13.9. The lowest BCUT2D eigenvalue weighted by Crippen LogP contribution is -2.01. The van der Waals surface area contributed by atoms with E-state index >= 15 is 0 Å². The molecule has 4 nitrogen and oxygen atoms in total. The number of carbonyl (C=O) groups excluding carboxylic acids is 1. The molecule has 0 aliphatic rings. The van der Waals surface area contributed by atoms with Gasteiger partial charge in [-0.25, -0.2) is 0 Å². The lowest BCUT2D eigenvalue weighted by Gasteiger charge is -2.03. The number of benzene rings is 1. The molecule has 4 heteroatoms. The maximum Gasteiger partial charge on any atom is 0.302 e. The van der Waals surface area contributed by atoms with Gasteiger partial charge in [0.1, 0.15) is 5.75 Å². The van der Waals surface area contributed by atoms with Crippen molar-refractivity contribution < 1.29 is 14.3 Å². The van der Waals surface area contributed by atoms with E-state index in [0.29, 0.717) is 6.61 Å². The monoisotopic (exact) mass is 247 g/mol. The van der Waals surface area contributed by atoms with Gasteiger partial charge in [-0.05, 0) is 36.6 Å². The van der Waals surface area contributed by atoms with E-state index in [1.54, 1.807) is 7.11 Å². The van der Waals surface area contributed by atoms with Crippen LogP contribution in [0.5, 0.6) is 5.75 Å². The summed E-state index contributed by atoms with van der Waals surface area (Å²) in [6.07, 6.45) is 3.70. The maximum absolute atomic E-state index is 10.7. The van der Waals surface area contributed by atoms with Crippen LogP contribution in [0.2, 0.25) is 0 Å². The molecule has 0 aliphatic carbocycles. The highest BCUT2D eigenvalue weighted by Crippen LogP contribution is 2.24. The molecule has 2 rings (SSSR count). The van der Waals surface area contributed by atoms with Gasteiger partial charge in [-0.15, -0.1) is 0 Å². The number of rotatable bonds is 5. The Kier molecular flexibility index (Phi) is 3.87. The van der Waals surface area contributed by atoms with Gasteiger partial charge in [0.05, 0.1) is 13.7 Å². The Morgan fingerprint density at radius 3 is 2.94 bits per heavy atom. The van der Waals surface area contributed by atoms with Gasteiger partial charge in [0.15, 0.2) is 0 Å². The maximum atomic E-state index is 10.7. The Bertz CT molecular complexity index is 545. The number of nitrogens with one attached hydrogen (secondary N) is 1. The summed E-state index contributed by atoms with van der Waals surface area (Å²) in [7, 11) is 1.66. The zero-order valence-electron chi connectivity index (χ0n) is 10.7. The summed E-state index contributed by atoms with van der Waals surface area (Å²) in [5, 5.41) is 1.16. The predicted molar refractivity (Wildman–Crippen MR) is 69.8 cm³/mol. The van der Waals surface area contributed by atoms with E-state index in [0.717, 1.165) is 29.5 Å². The molecule has 2 aromatic rings. The molecule has 0 unspecified atom stereocenters. The molecule has 1 N–H and O–H groups in total. The lowest BCUT2D eigenvalue weighted by atomic mass is 10.1. The van der Waals surface area contributed by atoms with E-state index in [-0.39, 0.29) is 5.97 Å². The SMILES string of the molecule is COc1ccc2[nH]cc(CCCOC(C)=O)c2c1. The van der Waals surface area contributed by atoms with Crippen LogP contribution in [0.1, 0.15) is 18.9 Å². The van der Waals surface area contributed by atoms with Crippen LogP contribution in [0, 0.1) is 0 Å². The van der Waals surface area contributed by atoms with Gasteiger partial charge in [-0.2, -0.15) is 0 Å². The molecule has 0 amide bonds. The number of aryl methyl sites for hydroxylation is 1. The number of methoxy groups -OCH3 is 1. The Balaban J connectivity index is 2.06. The van der Waals surface area contributed by atoms with Crippen molar-refractivity contribution in [2.75, 3.05) is 13.7 Å². The number of esters is 1. The van der Waals surface area contributed by atoms with Gasteiger partial charge in [0.25, 0.3) is 0 Å². The van der Waals surface area contributed by atoms with Crippen LogP contribution in [0.3, 0.4) is 0 Å². The molecule has 1 aromatic carbocycles. The molecule has 0 atom stereocenters. The molecule has 0 saturated carbocycles. The van der Waals surface area contributed by atoms with Crippen molar-refractivity contribution in [2.24, 2.45) is 0 Å². The molecule has 0 spiro atoms. The van der Waals surface area contributed by atoms with Crippen molar-refractivity contribution >= 4 is 16.9 Å². The molecule has 96 valence electrons. The molecule has 0 bridgehead atoms. The fourth-order valence-electron chi connectivity index (χ4n) is 1.97.